The molecule has 94 valence electrons. The van der Waals surface area contributed by atoms with Crippen LogP contribution in [0, 0.1) is 17.8 Å². The molecule has 2 aliphatic carbocycles. The fraction of sp³-hybridized carbons (Fsp3) is 0.700. The Labute approximate surface area is 97.0 Å². The van der Waals surface area contributed by atoms with E-state index in [1.54, 1.807) is 0 Å². The number of hydrogen-bond acceptors (Lipinski definition) is 4. The minimum atomic E-state index is -1.54. The van der Waals surface area contributed by atoms with Gasteiger partial charge >= 0.3 is 11.9 Å². The lowest BCUT2D eigenvalue weighted by Gasteiger charge is -2.24. The van der Waals surface area contributed by atoms with Gasteiger partial charge in [-0.1, -0.05) is 0 Å². The number of carbonyl (C=O) groups is 3. The summed E-state index contributed by atoms with van der Waals surface area (Å²) in [6.45, 7) is 1.31. The van der Waals surface area contributed by atoms with E-state index < -0.39 is 35.4 Å². The van der Waals surface area contributed by atoms with Gasteiger partial charge < -0.3 is 21.3 Å². The first-order valence-corrected chi connectivity index (χ1v) is 5.31. The largest absolute Gasteiger partial charge is 0.481 e. The van der Waals surface area contributed by atoms with E-state index in [1.165, 1.54) is 6.92 Å². The van der Waals surface area contributed by atoms with Crippen molar-refractivity contribution in [3.05, 3.63) is 0 Å². The first kappa shape index (κ1) is 11.8. The molecule has 0 spiro atoms. The second-order valence-electron chi connectivity index (χ2n) is 4.82. The molecule has 0 heterocycles. The molecule has 0 saturated heterocycles. The molecule has 5 N–H and O–H groups in total. The second kappa shape index (κ2) is 3.43. The van der Waals surface area contributed by atoms with Gasteiger partial charge in [0.2, 0.25) is 5.91 Å². The van der Waals surface area contributed by atoms with Crippen LogP contribution in [0.3, 0.4) is 0 Å². The number of nitrogens with two attached hydrogens (primary N) is 1. The molecule has 2 saturated carbocycles. The molecular weight excluding hydrogens is 228 g/mol. The highest BCUT2D eigenvalue weighted by Crippen LogP contribution is 2.61. The van der Waals surface area contributed by atoms with Crippen molar-refractivity contribution < 1.29 is 24.6 Å². The molecule has 0 aromatic rings. The molecule has 0 unspecified atom stereocenters. The highest BCUT2D eigenvalue weighted by atomic mass is 16.4. The highest BCUT2D eigenvalue weighted by Gasteiger charge is 2.74. The summed E-state index contributed by atoms with van der Waals surface area (Å²) in [6, 6.07) is -0.459. The Morgan fingerprint density at radius 2 is 1.94 bits per heavy atom. The summed E-state index contributed by atoms with van der Waals surface area (Å²) in [5.41, 5.74) is 4.23. The third kappa shape index (κ3) is 1.57. The van der Waals surface area contributed by atoms with Crippen molar-refractivity contribution in [1.82, 2.24) is 5.32 Å². The van der Waals surface area contributed by atoms with Gasteiger partial charge in [-0.15, -0.1) is 0 Å². The number of fused-ring (bicyclic) bond motifs is 1. The van der Waals surface area contributed by atoms with Gasteiger partial charge in [0.15, 0.2) is 0 Å². The van der Waals surface area contributed by atoms with Crippen molar-refractivity contribution >= 4 is 17.8 Å². The van der Waals surface area contributed by atoms with Gasteiger partial charge in [0, 0.05) is 18.9 Å². The molecule has 0 aromatic carbocycles. The predicted molar refractivity (Wildman–Crippen MR) is 54.9 cm³/mol. The van der Waals surface area contributed by atoms with Crippen molar-refractivity contribution in [2.24, 2.45) is 23.5 Å². The summed E-state index contributed by atoms with van der Waals surface area (Å²) in [5.74, 6) is -4.27. The minimum absolute atomic E-state index is 0.0844. The van der Waals surface area contributed by atoms with Crippen molar-refractivity contribution in [2.45, 2.75) is 24.9 Å². The Balaban J connectivity index is 2.23. The number of rotatable bonds is 3. The van der Waals surface area contributed by atoms with Crippen molar-refractivity contribution in [3.8, 4) is 0 Å². The van der Waals surface area contributed by atoms with Gasteiger partial charge in [-0.3, -0.25) is 14.4 Å². The molecule has 2 rings (SSSR count). The van der Waals surface area contributed by atoms with E-state index in [0.717, 1.165) is 0 Å². The summed E-state index contributed by atoms with van der Waals surface area (Å²) in [6.07, 6.45) is 0.0844. The number of aliphatic carboxylic acids is 2. The lowest BCUT2D eigenvalue weighted by Crippen LogP contribution is -2.52. The molecule has 2 aliphatic rings. The Morgan fingerprint density at radius 1 is 1.35 bits per heavy atom. The van der Waals surface area contributed by atoms with Crippen LogP contribution in [-0.2, 0) is 14.4 Å². The molecule has 1 amide bonds. The Kier molecular flexibility index (Phi) is 2.39. The van der Waals surface area contributed by atoms with Crippen LogP contribution in [0.25, 0.3) is 0 Å². The summed E-state index contributed by atoms with van der Waals surface area (Å²) >= 11 is 0. The van der Waals surface area contributed by atoms with E-state index in [1.807, 2.05) is 0 Å². The van der Waals surface area contributed by atoms with E-state index >= 15 is 0 Å². The second-order valence-corrected chi connectivity index (χ2v) is 4.82. The quantitative estimate of drug-likeness (QED) is 0.482. The van der Waals surface area contributed by atoms with Crippen LogP contribution in [0.1, 0.15) is 13.3 Å². The predicted octanol–water partition coefficient (Wildman–Crippen LogP) is -1.38. The molecule has 0 aromatic heterocycles. The lowest BCUT2D eigenvalue weighted by atomic mass is 9.90. The zero-order valence-electron chi connectivity index (χ0n) is 9.21. The smallest absolute Gasteiger partial charge is 0.324 e. The molecule has 17 heavy (non-hydrogen) atoms. The van der Waals surface area contributed by atoms with Gasteiger partial charge in [-0.2, -0.15) is 0 Å². The minimum Gasteiger partial charge on any atom is -0.481 e. The van der Waals surface area contributed by atoms with Gasteiger partial charge in [0.1, 0.15) is 5.54 Å². The average molecular weight is 242 g/mol. The van der Waals surface area contributed by atoms with Crippen LogP contribution < -0.4 is 11.1 Å². The first-order chi connectivity index (χ1) is 7.79. The van der Waals surface area contributed by atoms with E-state index in [4.69, 9.17) is 15.9 Å². The summed E-state index contributed by atoms with van der Waals surface area (Å²) in [4.78, 5) is 33.1. The molecule has 7 nitrogen and oxygen atoms in total. The summed E-state index contributed by atoms with van der Waals surface area (Å²) < 4.78 is 0. The summed E-state index contributed by atoms with van der Waals surface area (Å²) in [5, 5.41) is 20.6. The third-order valence-electron chi connectivity index (χ3n) is 3.76. The SMILES string of the molecule is CC(=O)N[C@H]1C[C@](N)(C(=O)O)[C@@H]2[C@H](C(=O)O)[C@H]21. The summed E-state index contributed by atoms with van der Waals surface area (Å²) in [7, 11) is 0. The Hall–Kier alpha value is -1.63. The van der Waals surface area contributed by atoms with Crippen LogP contribution in [0.5, 0.6) is 0 Å². The van der Waals surface area contributed by atoms with Gasteiger partial charge in [0.25, 0.3) is 0 Å². The number of amides is 1. The normalized spacial score (nSPS) is 42.7. The molecule has 2 fully saturated rings. The van der Waals surface area contributed by atoms with Gasteiger partial charge in [-0.05, 0) is 12.3 Å². The zero-order chi connectivity index (χ0) is 13.0. The van der Waals surface area contributed by atoms with Crippen LogP contribution in [0.4, 0.5) is 0 Å². The first-order valence-electron chi connectivity index (χ1n) is 5.31. The van der Waals surface area contributed by atoms with E-state index in [9.17, 15) is 14.4 Å². The molecule has 5 atom stereocenters. The molecular formula is C10H14N2O5. The third-order valence-corrected chi connectivity index (χ3v) is 3.76. The van der Waals surface area contributed by atoms with Crippen LogP contribution >= 0.6 is 0 Å². The number of nitrogens with one attached hydrogen (secondary N) is 1. The van der Waals surface area contributed by atoms with Crippen LogP contribution in [0.2, 0.25) is 0 Å². The number of hydrogen-bond donors (Lipinski definition) is 4. The Bertz CT molecular complexity index is 410. The van der Waals surface area contributed by atoms with Crippen molar-refractivity contribution in [2.75, 3.05) is 0 Å². The average Bonchev–Trinajstić information content (AvgIpc) is 2.84. The van der Waals surface area contributed by atoms with E-state index in [2.05, 4.69) is 5.32 Å². The van der Waals surface area contributed by atoms with Gasteiger partial charge in [0.05, 0.1) is 5.92 Å². The molecule has 0 aliphatic heterocycles. The maximum absolute atomic E-state index is 11.1. The number of carboxylic acid groups (broad SMARTS) is 2. The Morgan fingerprint density at radius 3 is 2.35 bits per heavy atom. The van der Waals surface area contributed by atoms with Crippen molar-refractivity contribution in [3.63, 3.8) is 0 Å². The maximum Gasteiger partial charge on any atom is 0.324 e. The topological polar surface area (TPSA) is 130 Å². The van der Waals surface area contributed by atoms with Gasteiger partial charge in [-0.25, -0.2) is 0 Å². The molecule has 7 heteroatoms. The van der Waals surface area contributed by atoms with Crippen LogP contribution in [0.15, 0.2) is 0 Å². The molecule has 0 radical (unpaired) electrons. The maximum atomic E-state index is 11.1. The number of carbonyl (C=O) groups excluding carboxylic acids is 1. The lowest BCUT2D eigenvalue weighted by molar-refractivity contribution is -0.145. The van der Waals surface area contributed by atoms with Crippen LogP contribution in [-0.4, -0.2) is 39.6 Å². The van der Waals surface area contributed by atoms with E-state index in [0.29, 0.717) is 0 Å². The fourth-order valence-corrected chi connectivity index (χ4v) is 3.09. The highest BCUT2D eigenvalue weighted by molar-refractivity contribution is 5.86. The molecule has 0 bridgehead atoms. The number of carboxylic acids is 2. The zero-order valence-corrected chi connectivity index (χ0v) is 9.21. The van der Waals surface area contributed by atoms with Crippen molar-refractivity contribution in [1.29, 1.82) is 0 Å². The van der Waals surface area contributed by atoms with E-state index in [-0.39, 0.29) is 18.2 Å². The fourth-order valence-electron chi connectivity index (χ4n) is 3.09. The standard InChI is InChI=1S/C10H14N2O5/c1-3(13)12-4-2-10(11,9(16)17)7-5(4)6(7)8(14)15/h4-7H,2,11H2,1H3,(H,12,13)(H,14,15)(H,16,17)/t4-,5+,6+,7-,10+/m0/s1. The monoisotopic (exact) mass is 242 g/mol.